The number of benzene rings is 3. The Morgan fingerprint density at radius 3 is 2.56 bits per heavy atom. The van der Waals surface area contributed by atoms with Crippen LogP contribution in [0.4, 0.5) is 4.39 Å². The zero-order chi connectivity index (χ0) is 25.1. The summed E-state index contributed by atoms with van der Waals surface area (Å²) in [6.07, 6.45) is 3.15. The Hall–Kier alpha value is -3.65. The Balaban J connectivity index is 1.57. The van der Waals surface area contributed by atoms with E-state index < -0.39 is 0 Å². The van der Waals surface area contributed by atoms with E-state index in [1.807, 2.05) is 29.2 Å². The highest BCUT2D eigenvalue weighted by Gasteiger charge is 2.20. The fraction of sp³-hybridized carbons (Fsp3) is 0.250. The third-order valence-corrected chi connectivity index (χ3v) is 7.33. The Bertz CT molecular complexity index is 1460. The van der Waals surface area contributed by atoms with E-state index in [1.54, 1.807) is 37.4 Å². The fourth-order valence-corrected chi connectivity index (χ4v) is 5.36. The summed E-state index contributed by atoms with van der Waals surface area (Å²) in [6, 6.07) is 18.5. The Labute approximate surface area is 212 Å². The molecule has 0 atom stereocenters. The molecule has 1 aliphatic heterocycles. The zero-order valence-electron chi connectivity index (χ0n) is 19.9. The molecule has 36 heavy (non-hydrogen) atoms. The first-order valence-electron chi connectivity index (χ1n) is 11.9. The van der Waals surface area contributed by atoms with Crippen LogP contribution in [0.15, 0.2) is 76.7 Å². The predicted octanol–water partition coefficient (Wildman–Crippen LogP) is 5.45. The first-order chi connectivity index (χ1) is 17.5. The van der Waals surface area contributed by atoms with Crippen LogP contribution in [0.3, 0.4) is 0 Å². The quantitative estimate of drug-likeness (QED) is 0.259. The highest BCUT2D eigenvalue weighted by molar-refractivity contribution is 7.98. The molecule has 0 bridgehead atoms. The average molecular weight is 504 g/mol. The SMILES string of the molecule is COc1cccc(CSc2nc3cc(C(=O)N4CCCCC4)ccc3c(=O)n2-c2ccc(F)cc2)c1. The molecule has 1 amide bonds. The number of methoxy groups -OCH3 is 1. The number of carbonyl (C=O) groups is 1. The van der Waals surface area contributed by atoms with Crippen molar-refractivity contribution in [2.24, 2.45) is 0 Å². The van der Waals surface area contributed by atoms with Crippen LogP contribution in [0.25, 0.3) is 16.6 Å². The van der Waals surface area contributed by atoms with E-state index in [2.05, 4.69) is 0 Å². The standard InChI is InChI=1S/C28H26FN3O3S/c1-35-23-7-5-6-19(16-23)18-36-28-30-25-17-20(26(33)31-14-3-2-4-15-31)8-13-24(25)27(34)32(28)22-11-9-21(29)10-12-22/h5-13,16-17H,2-4,14-15,18H2,1H3. The highest BCUT2D eigenvalue weighted by Crippen LogP contribution is 2.27. The number of halogens is 1. The van der Waals surface area contributed by atoms with E-state index >= 15 is 0 Å². The van der Waals surface area contributed by atoms with Crippen molar-refractivity contribution in [2.45, 2.75) is 30.2 Å². The number of hydrogen-bond acceptors (Lipinski definition) is 5. The largest absolute Gasteiger partial charge is 0.497 e. The van der Waals surface area contributed by atoms with Crippen LogP contribution >= 0.6 is 11.8 Å². The van der Waals surface area contributed by atoms with Crippen molar-refractivity contribution in [2.75, 3.05) is 20.2 Å². The Morgan fingerprint density at radius 1 is 1.03 bits per heavy atom. The van der Waals surface area contributed by atoms with Gasteiger partial charge in [-0.15, -0.1) is 0 Å². The smallest absolute Gasteiger partial charge is 0.266 e. The normalized spacial score (nSPS) is 13.7. The molecule has 4 aromatic rings. The summed E-state index contributed by atoms with van der Waals surface area (Å²) in [4.78, 5) is 33.4. The van der Waals surface area contributed by atoms with Crippen LogP contribution in [0.5, 0.6) is 5.75 Å². The third-order valence-electron chi connectivity index (χ3n) is 6.32. The van der Waals surface area contributed by atoms with E-state index in [1.165, 1.54) is 28.5 Å². The van der Waals surface area contributed by atoms with Crippen molar-refractivity contribution in [3.63, 3.8) is 0 Å². The molecule has 0 N–H and O–H groups in total. The molecule has 3 aromatic carbocycles. The van der Waals surface area contributed by atoms with Gasteiger partial charge < -0.3 is 9.64 Å². The van der Waals surface area contributed by atoms with Crippen LogP contribution in [-0.4, -0.2) is 40.6 Å². The number of ether oxygens (including phenoxy) is 1. The van der Waals surface area contributed by atoms with Crippen LogP contribution in [0.1, 0.15) is 35.2 Å². The summed E-state index contributed by atoms with van der Waals surface area (Å²) in [6.45, 7) is 1.50. The molecule has 0 unspecified atom stereocenters. The fourth-order valence-electron chi connectivity index (χ4n) is 4.40. The zero-order valence-corrected chi connectivity index (χ0v) is 20.8. The summed E-state index contributed by atoms with van der Waals surface area (Å²) in [7, 11) is 1.62. The van der Waals surface area contributed by atoms with Crippen LogP contribution in [0.2, 0.25) is 0 Å². The molecule has 5 rings (SSSR count). The van der Waals surface area contributed by atoms with Gasteiger partial charge in [0.1, 0.15) is 11.6 Å². The van der Waals surface area contributed by atoms with Crippen LogP contribution < -0.4 is 10.3 Å². The molecule has 0 spiro atoms. The van der Waals surface area contributed by atoms with Gasteiger partial charge in [-0.05, 0) is 79.4 Å². The molecular formula is C28H26FN3O3S. The number of carbonyl (C=O) groups excluding carboxylic acids is 1. The van der Waals surface area contributed by atoms with Crippen molar-refractivity contribution in [3.8, 4) is 11.4 Å². The van der Waals surface area contributed by atoms with Crippen molar-refractivity contribution >= 4 is 28.6 Å². The number of hydrogen-bond donors (Lipinski definition) is 0. The molecule has 184 valence electrons. The number of likely N-dealkylation sites (tertiary alicyclic amines) is 1. The second kappa shape index (κ2) is 10.5. The summed E-state index contributed by atoms with van der Waals surface area (Å²) < 4.78 is 20.4. The molecular weight excluding hydrogens is 477 g/mol. The molecule has 1 aromatic heterocycles. The summed E-state index contributed by atoms with van der Waals surface area (Å²) >= 11 is 1.40. The second-order valence-electron chi connectivity index (χ2n) is 8.74. The van der Waals surface area contributed by atoms with Gasteiger partial charge in [-0.2, -0.15) is 0 Å². The Morgan fingerprint density at radius 2 is 1.81 bits per heavy atom. The Kier molecular flexibility index (Phi) is 7.04. The highest BCUT2D eigenvalue weighted by atomic mass is 32.2. The van der Waals surface area contributed by atoms with E-state index in [4.69, 9.17) is 9.72 Å². The van der Waals surface area contributed by atoms with Gasteiger partial charge in [-0.3, -0.25) is 14.2 Å². The van der Waals surface area contributed by atoms with Crippen molar-refractivity contribution in [3.05, 3.63) is 94.0 Å². The van der Waals surface area contributed by atoms with Gasteiger partial charge in [0.05, 0.1) is 23.7 Å². The molecule has 0 radical (unpaired) electrons. The number of aromatic nitrogens is 2. The van der Waals surface area contributed by atoms with E-state index in [0.717, 1.165) is 43.7 Å². The minimum atomic E-state index is -0.382. The lowest BCUT2D eigenvalue weighted by Crippen LogP contribution is -2.35. The maximum Gasteiger partial charge on any atom is 0.266 e. The number of piperidine rings is 1. The predicted molar refractivity (Wildman–Crippen MR) is 140 cm³/mol. The summed E-state index contributed by atoms with van der Waals surface area (Å²) in [5.41, 5.74) is 2.26. The molecule has 1 fully saturated rings. The third kappa shape index (κ3) is 4.99. The maximum absolute atomic E-state index is 13.6. The molecule has 2 heterocycles. The first-order valence-corrected chi connectivity index (χ1v) is 12.9. The van der Waals surface area contributed by atoms with E-state index in [0.29, 0.717) is 33.1 Å². The molecule has 1 aliphatic rings. The number of fused-ring (bicyclic) bond motifs is 1. The molecule has 8 heteroatoms. The van der Waals surface area contributed by atoms with Crippen molar-refractivity contribution < 1.29 is 13.9 Å². The number of thioether (sulfide) groups is 1. The van der Waals surface area contributed by atoms with E-state index in [-0.39, 0.29) is 17.3 Å². The minimum absolute atomic E-state index is 0.0355. The van der Waals surface area contributed by atoms with E-state index in [9.17, 15) is 14.0 Å². The van der Waals surface area contributed by atoms with Gasteiger partial charge >= 0.3 is 0 Å². The monoisotopic (exact) mass is 503 g/mol. The average Bonchev–Trinajstić information content (AvgIpc) is 2.92. The summed E-state index contributed by atoms with van der Waals surface area (Å²) in [5.74, 6) is 0.873. The first kappa shape index (κ1) is 24.1. The van der Waals surface area contributed by atoms with Gasteiger partial charge in [-0.25, -0.2) is 9.37 Å². The minimum Gasteiger partial charge on any atom is -0.497 e. The lowest BCUT2D eigenvalue weighted by Gasteiger charge is -2.26. The molecule has 0 aliphatic carbocycles. The van der Waals surface area contributed by atoms with Gasteiger partial charge in [0.15, 0.2) is 5.16 Å². The van der Waals surface area contributed by atoms with Crippen molar-refractivity contribution in [1.29, 1.82) is 0 Å². The molecule has 6 nitrogen and oxygen atoms in total. The van der Waals surface area contributed by atoms with Crippen molar-refractivity contribution in [1.82, 2.24) is 14.5 Å². The number of nitrogens with zero attached hydrogens (tertiary/aromatic N) is 3. The second-order valence-corrected chi connectivity index (χ2v) is 9.68. The summed E-state index contributed by atoms with van der Waals surface area (Å²) in [5, 5.41) is 0.866. The van der Waals surface area contributed by atoms with Gasteiger partial charge in [0, 0.05) is 24.4 Å². The number of amides is 1. The maximum atomic E-state index is 13.6. The number of rotatable bonds is 6. The lowest BCUT2D eigenvalue weighted by molar-refractivity contribution is 0.0724. The molecule has 1 saturated heterocycles. The topological polar surface area (TPSA) is 64.4 Å². The van der Waals surface area contributed by atoms with Crippen LogP contribution in [0, 0.1) is 5.82 Å². The van der Waals surface area contributed by atoms with Gasteiger partial charge in [0.25, 0.3) is 11.5 Å². The van der Waals surface area contributed by atoms with Gasteiger partial charge in [-0.1, -0.05) is 23.9 Å². The molecule has 0 saturated carbocycles. The lowest BCUT2D eigenvalue weighted by atomic mass is 10.1. The van der Waals surface area contributed by atoms with Gasteiger partial charge in [0.2, 0.25) is 0 Å². The van der Waals surface area contributed by atoms with Crippen LogP contribution in [-0.2, 0) is 5.75 Å².